The van der Waals surface area contributed by atoms with Gasteiger partial charge in [-0.3, -0.25) is 14.6 Å². The highest BCUT2D eigenvalue weighted by atomic mass is 32.1. The number of ether oxygens (including phenoxy) is 1. The van der Waals surface area contributed by atoms with Crippen molar-refractivity contribution >= 4 is 22.4 Å². The fourth-order valence-electron chi connectivity index (χ4n) is 3.47. The number of anilines is 1. The van der Waals surface area contributed by atoms with Gasteiger partial charge < -0.3 is 4.74 Å². The standard InChI is InChI=1S/C23H24FN3O2S/c24-20-9-4-8-19(16-20)22(28)27(11-5-10-26-12-14-29-15-13-26)23-25-21(17-30-23)18-6-2-1-3-7-18/h1-4,6-9,16-17H,5,10-15H2. The predicted octanol–water partition coefficient (Wildman–Crippen LogP) is 4.32. The molecule has 7 heteroatoms. The maximum Gasteiger partial charge on any atom is 0.260 e. The second-order valence-corrected chi connectivity index (χ2v) is 7.99. The number of hydrogen-bond donors (Lipinski definition) is 0. The lowest BCUT2D eigenvalue weighted by Crippen LogP contribution is -2.39. The molecule has 0 atom stereocenters. The summed E-state index contributed by atoms with van der Waals surface area (Å²) in [6, 6.07) is 15.7. The Labute approximate surface area is 179 Å². The molecule has 2 heterocycles. The van der Waals surface area contributed by atoms with Crippen molar-refractivity contribution in [1.29, 1.82) is 0 Å². The van der Waals surface area contributed by atoms with E-state index in [1.807, 2.05) is 35.7 Å². The number of carbonyl (C=O) groups excluding carboxylic acids is 1. The lowest BCUT2D eigenvalue weighted by Gasteiger charge is -2.27. The van der Waals surface area contributed by atoms with Crippen molar-refractivity contribution in [3.63, 3.8) is 0 Å². The van der Waals surface area contributed by atoms with Gasteiger partial charge in [0.2, 0.25) is 0 Å². The fraction of sp³-hybridized carbons (Fsp3) is 0.304. The number of nitrogens with zero attached hydrogens (tertiary/aromatic N) is 3. The third kappa shape index (κ3) is 5.11. The largest absolute Gasteiger partial charge is 0.379 e. The van der Waals surface area contributed by atoms with Gasteiger partial charge in [0, 0.05) is 42.7 Å². The van der Waals surface area contributed by atoms with Crippen LogP contribution in [0.1, 0.15) is 16.8 Å². The molecule has 3 aromatic rings. The van der Waals surface area contributed by atoms with Gasteiger partial charge in [-0.2, -0.15) is 0 Å². The molecule has 0 saturated carbocycles. The Hall–Kier alpha value is -2.61. The van der Waals surface area contributed by atoms with E-state index in [2.05, 4.69) is 4.90 Å². The van der Waals surface area contributed by atoms with Gasteiger partial charge in [-0.25, -0.2) is 9.37 Å². The summed E-state index contributed by atoms with van der Waals surface area (Å²) in [5.41, 5.74) is 2.17. The molecule has 1 aliphatic heterocycles. The van der Waals surface area contributed by atoms with Crippen LogP contribution in [-0.2, 0) is 4.74 Å². The minimum Gasteiger partial charge on any atom is -0.379 e. The van der Waals surface area contributed by atoms with Crippen LogP contribution in [0, 0.1) is 5.82 Å². The number of morpholine rings is 1. The number of aromatic nitrogens is 1. The van der Waals surface area contributed by atoms with E-state index in [0.29, 0.717) is 17.2 Å². The van der Waals surface area contributed by atoms with Gasteiger partial charge in [0.1, 0.15) is 5.82 Å². The van der Waals surface area contributed by atoms with Gasteiger partial charge in [-0.1, -0.05) is 36.4 Å². The summed E-state index contributed by atoms with van der Waals surface area (Å²) in [7, 11) is 0. The van der Waals surface area contributed by atoms with Gasteiger partial charge in [-0.05, 0) is 24.6 Å². The normalized spacial score (nSPS) is 14.6. The number of rotatable bonds is 7. The van der Waals surface area contributed by atoms with E-state index in [-0.39, 0.29) is 5.91 Å². The Bertz CT molecular complexity index is 973. The van der Waals surface area contributed by atoms with Crippen LogP contribution in [0.2, 0.25) is 0 Å². The zero-order valence-electron chi connectivity index (χ0n) is 16.7. The second-order valence-electron chi connectivity index (χ2n) is 7.16. The SMILES string of the molecule is O=C(c1cccc(F)c1)N(CCCN1CCOCC1)c1nc(-c2ccccc2)cs1. The van der Waals surface area contributed by atoms with Crippen LogP contribution in [0.5, 0.6) is 0 Å². The van der Waals surface area contributed by atoms with Crippen LogP contribution >= 0.6 is 11.3 Å². The molecule has 1 saturated heterocycles. The van der Waals surface area contributed by atoms with Crippen molar-refractivity contribution in [1.82, 2.24) is 9.88 Å². The molecular weight excluding hydrogens is 401 g/mol. The highest BCUT2D eigenvalue weighted by molar-refractivity contribution is 7.14. The maximum absolute atomic E-state index is 13.7. The van der Waals surface area contributed by atoms with E-state index in [4.69, 9.17) is 9.72 Å². The molecule has 156 valence electrons. The van der Waals surface area contributed by atoms with Crippen LogP contribution in [0.4, 0.5) is 9.52 Å². The first kappa shape index (κ1) is 20.7. The van der Waals surface area contributed by atoms with Crippen LogP contribution in [0.25, 0.3) is 11.3 Å². The topological polar surface area (TPSA) is 45.7 Å². The maximum atomic E-state index is 13.7. The van der Waals surface area contributed by atoms with E-state index >= 15 is 0 Å². The lowest BCUT2D eigenvalue weighted by atomic mass is 10.2. The van der Waals surface area contributed by atoms with Gasteiger partial charge in [0.25, 0.3) is 5.91 Å². The summed E-state index contributed by atoms with van der Waals surface area (Å²) in [6.07, 6.45) is 0.807. The Morgan fingerprint density at radius 3 is 2.70 bits per heavy atom. The van der Waals surface area contributed by atoms with Gasteiger partial charge in [-0.15, -0.1) is 11.3 Å². The summed E-state index contributed by atoms with van der Waals surface area (Å²) >= 11 is 1.43. The van der Waals surface area contributed by atoms with Gasteiger partial charge >= 0.3 is 0 Å². The molecule has 0 aliphatic carbocycles. The van der Waals surface area contributed by atoms with E-state index in [9.17, 15) is 9.18 Å². The molecule has 30 heavy (non-hydrogen) atoms. The van der Waals surface area contributed by atoms with Crippen LogP contribution in [0.3, 0.4) is 0 Å². The predicted molar refractivity (Wildman–Crippen MR) is 118 cm³/mol. The first-order chi connectivity index (χ1) is 14.7. The average Bonchev–Trinajstić information content (AvgIpc) is 3.28. The number of carbonyl (C=O) groups is 1. The Kier molecular flexibility index (Phi) is 6.84. The molecule has 0 unspecified atom stereocenters. The highest BCUT2D eigenvalue weighted by Crippen LogP contribution is 2.28. The van der Waals surface area contributed by atoms with Crippen LogP contribution < -0.4 is 4.90 Å². The fourth-order valence-corrected chi connectivity index (χ4v) is 4.33. The van der Waals surface area contributed by atoms with Crippen molar-refractivity contribution in [2.24, 2.45) is 0 Å². The molecule has 1 fully saturated rings. The van der Waals surface area contributed by atoms with E-state index in [0.717, 1.165) is 50.5 Å². The minimum absolute atomic E-state index is 0.231. The molecule has 5 nitrogen and oxygen atoms in total. The molecule has 2 aromatic carbocycles. The Morgan fingerprint density at radius 2 is 1.93 bits per heavy atom. The van der Waals surface area contributed by atoms with Crippen molar-refractivity contribution < 1.29 is 13.9 Å². The monoisotopic (exact) mass is 425 g/mol. The number of halogens is 1. The molecular formula is C23H24FN3O2S. The Morgan fingerprint density at radius 1 is 1.13 bits per heavy atom. The zero-order valence-corrected chi connectivity index (χ0v) is 17.5. The molecule has 1 aromatic heterocycles. The highest BCUT2D eigenvalue weighted by Gasteiger charge is 2.22. The second kappa shape index (κ2) is 9.93. The molecule has 1 amide bonds. The summed E-state index contributed by atoms with van der Waals surface area (Å²) in [4.78, 5) is 21.9. The van der Waals surface area contributed by atoms with E-state index < -0.39 is 5.82 Å². The molecule has 0 radical (unpaired) electrons. The molecule has 0 bridgehead atoms. The van der Waals surface area contributed by atoms with Crippen molar-refractivity contribution in [2.45, 2.75) is 6.42 Å². The molecule has 0 spiro atoms. The molecule has 0 N–H and O–H groups in total. The number of thiazole rings is 1. The summed E-state index contributed by atoms with van der Waals surface area (Å²) in [5, 5.41) is 2.59. The summed E-state index contributed by atoms with van der Waals surface area (Å²) < 4.78 is 19.1. The third-order valence-corrected chi connectivity index (χ3v) is 5.93. The summed E-state index contributed by atoms with van der Waals surface area (Å²) in [5.74, 6) is -0.649. The lowest BCUT2D eigenvalue weighted by molar-refractivity contribution is 0.0376. The van der Waals surface area contributed by atoms with Crippen LogP contribution in [0.15, 0.2) is 60.0 Å². The first-order valence-electron chi connectivity index (χ1n) is 10.1. The van der Waals surface area contributed by atoms with Crippen LogP contribution in [-0.4, -0.2) is 55.2 Å². The average molecular weight is 426 g/mol. The van der Waals surface area contributed by atoms with E-state index in [1.54, 1.807) is 17.0 Å². The molecule has 4 rings (SSSR count). The Balaban J connectivity index is 1.53. The van der Waals surface area contributed by atoms with Crippen molar-refractivity contribution in [3.8, 4) is 11.3 Å². The van der Waals surface area contributed by atoms with Gasteiger partial charge in [0.05, 0.1) is 18.9 Å². The van der Waals surface area contributed by atoms with Crippen molar-refractivity contribution in [2.75, 3.05) is 44.3 Å². The number of benzene rings is 2. The zero-order chi connectivity index (χ0) is 20.8. The molecule has 1 aliphatic rings. The smallest absolute Gasteiger partial charge is 0.260 e. The number of hydrogen-bond acceptors (Lipinski definition) is 5. The summed E-state index contributed by atoms with van der Waals surface area (Å²) in [6.45, 7) is 4.72. The van der Waals surface area contributed by atoms with Crippen molar-refractivity contribution in [3.05, 3.63) is 71.4 Å². The number of amides is 1. The first-order valence-corrected chi connectivity index (χ1v) is 11.0. The quantitative estimate of drug-likeness (QED) is 0.566. The third-order valence-electron chi connectivity index (χ3n) is 5.07. The van der Waals surface area contributed by atoms with E-state index in [1.165, 1.54) is 23.5 Å². The minimum atomic E-state index is -0.418. The van der Waals surface area contributed by atoms with Gasteiger partial charge in [0.15, 0.2) is 5.13 Å².